The highest BCUT2D eigenvalue weighted by atomic mass is 32.2. The SMILES string of the molecule is CC(C)c1nc(CS(=O)(=O)CC(O)c2cc(F)ccc2F)no1. The molecule has 1 aromatic heterocycles. The lowest BCUT2D eigenvalue weighted by Gasteiger charge is -2.11. The number of halogens is 2. The minimum atomic E-state index is -3.85. The second-order valence-electron chi connectivity index (χ2n) is 5.44. The van der Waals surface area contributed by atoms with Crippen molar-refractivity contribution in [2.75, 3.05) is 5.75 Å². The maximum atomic E-state index is 13.6. The second-order valence-corrected chi connectivity index (χ2v) is 7.55. The van der Waals surface area contributed by atoms with Crippen molar-refractivity contribution in [3.8, 4) is 0 Å². The summed E-state index contributed by atoms with van der Waals surface area (Å²) in [5.74, 6) is -2.78. The highest BCUT2D eigenvalue weighted by Gasteiger charge is 2.24. The van der Waals surface area contributed by atoms with Gasteiger partial charge in [0.15, 0.2) is 15.7 Å². The third-order valence-electron chi connectivity index (χ3n) is 3.06. The van der Waals surface area contributed by atoms with Gasteiger partial charge in [-0.3, -0.25) is 0 Å². The summed E-state index contributed by atoms with van der Waals surface area (Å²) >= 11 is 0. The third-order valence-corrected chi connectivity index (χ3v) is 4.58. The van der Waals surface area contributed by atoms with E-state index in [1.54, 1.807) is 0 Å². The summed E-state index contributed by atoms with van der Waals surface area (Å²) in [6.07, 6.45) is -1.69. The van der Waals surface area contributed by atoms with Crippen LogP contribution in [0, 0.1) is 11.6 Å². The van der Waals surface area contributed by atoms with Crippen LogP contribution in [0.5, 0.6) is 0 Å². The molecule has 0 aliphatic carbocycles. The fourth-order valence-electron chi connectivity index (χ4n) is 1.92. The lowest BCUT2D eigenvalue weighted by atomic mass is 10.1. The minimum Gasteiger partial charge on any atom is -0.387 e. The molecular formula is C14H16F2N2O4S. The Morgan fingerprint density at radius 3 is 2.61 bits per heavy atom. The Bertz CT molecular complexity index is 790. The molecule has 2 aromatic rings. The van der Waals surface area contributed by atoms with Crippen molar-refractivity contribution in [2.24, 2.45) is 0 Å². The van der Waals surface area contributed by atoms with E-state index in [2.05, 4.69) is 10.1 Å². The number of aromatic nitrogens is 2. The minimum absolute atomic E-state index is 0.0411. The first-order valence-electron chi connectivity index (χ1n) is 6.84. The number of aliphatic hydroxyl groups is 1. The molecule has 0 fully saturated rings. The van der Waals surface area contributed by atoms with E-state index in [-0.39, 0.29) is 11.7 Å². The Kier molecular flexibility index (Phi) is 5.10. The van der Waals surface area contributed by atoms with Gasteiger partial charge in [-0.2, -0.15) is 4.98 Å². The van der Waals surface area contributed by atoms with Crippen molar-refractivity contribution < 1.29 is 26.8 Å². The van der Waals surface area contributed by atoms with Gasteiger partial charge in [0.25, 0.3) is 0 Å². The van der Waals surface area contributed by atoms with E-state index >= 15 is 0 Å². The monoisotopic (exact) mass is 346 g/mol. The lowest BCUT2D eigenvalue weighted by molar-refractivity contribution is 0.196. The van der Waals surface area contributed by atoms with Crippen LogP contribution in [-0.2, 0) is 15.6 Å². The van der Waals surface area contributed by atoms with E-state index in [4.69, 9.17) is 4.52 Å². The van der Waals surface area contributed by atoms with E-state index in [1.807, 2.05) is 13.8 Å². The number of aliphatic hydroxyl groups excluding tert-OH is 1. The maximum absolute atomic E-state index is 13.6. The van der Waals surface area contributed by atoms with E-state index < -0.39 is 44.6 Å². The molecule has 1 aromatic carbocycles. The zero-order valence-electron chi connectivity index (χ0n) is 12.5. The van der Waals surface area contributed by atoms with Crippen molar-refractivity contribution in [1.29, 1.82) is 0 Å². The molecule has 0 saturated carbocycles. The fraction of sp³-hybridized carbons (Fsp3) is 0.429. The summed E-state index contributed by atoms with van der Waals surface area (Å²) in [5.41, 5.74) is -0.412. The summed E-state index contributed by atoms with van der Waals surface area (Å²) in [7, 11) is -3.85. The molecule has 9 heteroatoms. The molecule has 126 valence electrons. The van der Waals surface area contributed by atoms with Crippen molar-refractivity contribution >= 4 is 9.84 Å². The van der Waals surface area contributed by atoms with Crippen LogP contribution in [0.4, 0.5) is 8.78 Å². The predicted molar refractivity (Wildman–Crippen MR) is 77.2 cm³/mol. The highest BCUT2D eigenvalue weighted by molar-refractivity contribution is 7.90. The van der Waals surface area contributed by atoms with Crippen LogP contribution in [0.25, 0.3) is 0 Å². The molecule has 0 spiro atoms. The molecule has 6 nitrogen and oxygen atoms in total. The standard InChI is InChI=1S/C14H16F2N2O4S/c1-8(2)14-17-13(18-22-14)7-23(20,21)6-12(19)10-5-9(15)3-4-11(10)16/h3-5,8,12,19H,6-7H2,1-2H3. The smallest absolute Gasteiger partial charge is 0.229 e. The molecule has 0 aliphatic heterocycles. The van der Waals surface area contributed by atoms with Crippen LogP contribution in [0.1, 0.15) is 43.1 Å². The average molecular weight is 346 g/mol. The van der Waals surface area contributed by atoms with Crippen molar-refractivity contribution in [3.63, 3.8) is 0 Å². The molecule has 0 aliphatic rings. The van der Waals surface area contributed by atoms with Gasteiger partial charge in [0.05, 0.1) is 11.9 Å². The van der Waals surface area contributed by atoms with Crippen LogP contribution in [-0.4, -0.2) is 29.4 Å². The van der Waals surface area contributed by atoms with Gasteiger partial charge in [-0.15, -0.1) is 0 Å². The van der Waals surface area contributed by atoms with Gasteiger partial charge < -0.3 is 9.63 Å². The third kappa shape index (κ3) is 4.55. The van der Waals surface area contributed by atoms with E-state index in [1.165, 1.54) is 0 Å². The van der Waals surface area contributed by atoms with Crippen LogP contribution in [0.3, 0.4) is 0 Å². The molecule has 0 radical (unpaired) electrons. The highest BCUT2D eigenvalue weighted by Crippen LogP contribution is 2.21. The van der Waals surface area contributed by atoms with Crippen LogP contribution < -0.4 is 0 Å². The van der Waals surface area contributed by atoms with Gasteiger partial charge in [-0.1, -0.05) is 19.0 Å². The molecule has 23 heavy (non-hydrogen) atoms. The Balaban J connectivity index is 2.12. The van der Waals surface area contributed by atoms with Crippen LogP contribution >= 0.6 is 0 Å². The summed E-state index contributed by atoms with van der Waals surface area (Å²) in [6, 6.07) is 2.47. The largest absolute Gasteiger partial charge is 0.387 e. The molecule has 1 heterocycles. The lowest BCUT2D eigenvalue weighted by Crippen LogP contribution is -2.18. The molecule has 0 amide bonds. The van der Waals surface area contributed by atoms with Gasteiger partial charge in [-0.25, -0.2) is 17.2 Å². The second kappa shape index (κ2) is 6.71. The zero-order valence-corrected chi connectivity index (χ0v) is 13.3. The Morgan fingerprint density at radius 2 is 2.00 bits per heavy atom. The van der Waals surface area contributed by atoms with Crippen molar-refractivity contribution in [2.45, 2.75) is 31.6 Å². The van der Waals surface area contributed by atoms with Gasteiger partial charge in [0, 0.05) is 11.5 Å². The summed E-state index contributed by atoms with van der Waals surface area (Å²) < 4.78 is 55.7. The summed E-state index contributed by atoms with van der Waals surface area (Å²) in [5, 5.41) is 13.4. The van der Waals surface area contributed by atoms with E-state index in [0.29, 0.717) is 5.89 Å². The number of nitrogens with zero attached hydrogens (tertiary/aromatic N) is 2. The first-order valence-corrected chi connectivity index (χ1v) is 8.66. The number of hydrogen-bond acceptors (Lipinski definition) is 6. The summed E-state index contributed by atoms with van der Waals surface area (Å²) in [6.45, 7) is 3.62. The van der Waals surface area contributed by atoms with E-state index in [9.17, 15) is 22.3 Å². The molecule has 2 rings (SSSR count). The van der Waals surface area contributed by atoms with Crippen molar-refractivity contribution in [1.82, 2.24) is 10.1 Å². The normalized spacial score (nSPS) is 13.5. The maximum Gasteiger partial charge on any atom is 0.229 e. The topological polar surface area (TPSA) is 93.3 Å². The zero-order chi connectivity index (χ0) is 17.2. The molecule has 0 saturated heterocycles. The van der Waals surface area contributed by atoms with Crippen molar-refractivity contribution in [3.05, 3.63) is 47.1 Å². The van der Waals surface area contributed by atoms with Gasteiger partial charge in [0.1, 0.15) is 17.4 Å². The Hall–Kier alpha value is -1.87. The summed E-state index contributed by atoms with van der Waals surface area (Å²) in [4.78, 5) is 3.93. The van der Waals surface area contributed by atoms with Gasteiger partial charge >= 0.3 is 0 Å². The molecule has 1 atom stereocenters. The molecular weight excluding hydrogens is 330 g/mol. The molecule has 0 bridgehead atoms. The van der Waals surface area contributed by atoms with E-state index in [0.717, 1.165) is 18.2 Å². The van der Waals surface area contributed by atoms with Crippen LogP contribution in [0.2, 0.25) is 0 Å². The van der Waals surface area contributed by atoms with Gasteiger partial charge in [0.2, 0.25) is 5.89 Å². The quantitative estimate of drug-likeness (QED) is 0.861. The van der Waals surface area contributed by atoms with Gasteiger partial charge in [-0.05, 0) is 18.2 Å². The number of hydrogen-bond donors (Lipinski definition) is 1. The fourth-order valence-corrected chi connectivity index (χ4v) is 3.21. The predicted octanol–water partition coefficient (Wildman–Crippen LogP) is 2.12. The van der Waals surface area contributed by atoms with Crippen LogP contribution in [0.15, 0.2) is 22.7 Å². The molecule has 1 unspecified atom stereocenters. The average Bonchev–Trinajstić information content (AvgIpc) is 2.88. The number of rotatable bonds is 6. The first-order chi connectivity index (χ1) is 10.7. The first kappa shape index (κ1) is 17.5. The Morgan fingerprint density at radius 1 is 1.30 bits per heavy atom. The number of sulfone groups is 1. The Labute approximate surface area is 132 Å². The number of benzene rings is 1. The molecule has 1 N–H and O–H groups in total.